The molecule has 0 aliphatic rings. The van der Waals surface area contributed by atoms with Crippen LogP contribution in [0.1, 0.15) is 22.8 Å². The van der Waals surface area contributed by atoms with Crippen LogP contribution in [0.15, 0.2) is 78.9 Å². The molecule has 0 fully saturated rings. The average molecular weight is 433 g/mol. The molecule has 0 atom stereocenters. The van der Waals surface area contributed by atoms with E-state index in [1.54, 1.807) is 18.2 Å². The fourth-order valence-corrected chi connectivity index (χ4v) is 3.10. The van der Waals surface area contributed by atoms with Crippen LogP contribution in [0.3, 0.4) is 0 Å². The average Bonchev–Trinajstić information content (AvgIpc) is 2.83. The van der Waals surface area contributed by atoms with Gasteiger partial charge in [0.25, 0.3) is 5.91 Å². The predicted molar refractivity (Wildman–Crippen MR) is 125 cm³/mol. The zero-order valence-electron chi connectivity index (χ0n) is 18.2. The third-order valence-corrected chi connectivity index (χ3v) is 4.72. The third kappa shape index (κ3) is 7.34. The molecular formula is C26H28N2O4. The van der Waals surface area contributed by atoms with Crippen molar-refractivity contribution < 1.29 is 19.1 Å². The van der Waals surface area contributed by atoms with E-state index in [-0.39, 0.29) is 18.4 Å². The lowest BCUT2D eigenvalue weighted by molar-refractivity contribution is -0.115. The van der Waals surface area contributed by atoms with E-state index in [0.717, 1.165) is 16.7 Å². The number of nitrogens with one attached hydrogen (secondary N) is 2. The topological polar surface area (TPSA) is 76.7 Å². The molecule has 0 aliphatic carbocycles. The third-order valence-electron chi connectivity index (χ3n) is 4.72. The molecule has 0 heterocycles. The number of ether oxygens (including phenoxy) is 2. The fraction of sp³-hybridized carbons (Fsp3) is 0.231. The number of carbonyl (C=O) groups is 2. The van der Waals surface area contributed by atoms with E-state index in [9.17, 15) is 9.59 Å². The molecule has 3 rings (SSSR count). The molecule has 6 nitrogen and oxygen atoms in total. The Labute approximate surface area is 188 Å². The van der Waals surface area contributed by atoms with E-state index >= 15 is 0 Å². The van der Waals surface area contributed by atoms with Crippen molar-refractivity contribution in [2.45, 2.75) is 13.5 Å². The standard InChI is InChI=1S/C26H28N2O4/c1-2-31-15-16-32-19-20-7-6-10-24(17-20)28-25(29)18-27-26(30)23-13-11-22(12-14-23)21-8-4-3-5-9-21/h3-14,17H,2,15-16,18-19H2,1H3,(H,27,30)(H,28,29). The van der Waals surface area contributed by atoms with E-state index in [4.69, 9.17) is 9.47 Å². The number of benzene rings is 3. The Balaban J connectivity index is 1.45. The van der Waals surface area contributed by atoms with Crippen LogP contribution in [0.2, 0.25) is 0 Å². The van der Waals surface area contributed by atoms with Crippen molar-refractivity contribution in [2.75, 3.05) is 31.7 Å². The summed E-state index contributed by atoms with van der Waals surface area (Å²) >= 11 is 0. The summed E-state index contributed by atoms with van der Waals surface area (Å²) in [5, 5.41) is 5.45. The van der Waals surface area contributed by atoms with Crippen LogP contribution < -0.4 is 10.6 Å². The molecule has 3 aromatic carbocycles. The zero-order chi connectivity index (χ0) is 22.6. The van der Waals surface area contributed by atoms with Crippen molar-refractivity contribution in [1.29, 1.82) is 0 Å². The molecule has 32 heavy (non-hydrogen) atoms. The Morgan fingerprint density at radius 3 is 2.28 bits per heavy atom. The van der Waals surface area contributed by atoms with Gasteiger partial charge in [-0.2, -0.15) is 0 Å². The lowest BCUT2D eigenvalue weighted by Gasteiger charge is -2.10. The first-order chi connectivity index (χ1) is 15.7. The van der Waals surface area contributed by atoms with Crippen molar-refractivity contribution in [1.82, 2.24) is 5.32 Å². The molecule has 166 valence electrons. The van der Waals surface area contributed by atoms with Gasteiger partial charge in [0.05, 0.1) is 26.4 Å². The summed E-state index contributed by atoms with van der Waals surface area (Å²) in [6, 6.07) is 24.7. The summed E-state index contributed by atoms with van der Waals surface area (Å²) in [5.74, 6) is -0.593. The molecule has 0 unspecified atom stereocenters. The second kappa shape index (κ2) is 12.4. The molecule has 0 saturated carbocycles. The Hall–Kier alpha value is -3.48. The minimum atomic E-state index is -0.298. The summed E-state index contributed by atoms with van der Waals surface area (Å²) in [6.07, 6.45) is 0. The summed E-state index contributed by atoms with van der Waals surface area (Å²) in [7, 11) is 0. The van der Waals surface area contributed by atoms with E-state index in [1.165, 1.54) is 0 Å². The van der Waals surface area contributed by atoms with E-state index in [1.807, 2.05) is 67.6 Å². The van der Waals surface area contributed by atoms with E-state index in [0.29, 0.717) is 37.7 Å². The first-order valence-corrected chi connectivity index (χ1v) is 10.6. The first kappa shape index (κ1) is 23.2. The number of amides is 2. The fourth-order valence-electron chi connectivity index (χ4n) is 3.10. The quantitative estimate of drug-likeness (QED) is 0.444. The largest absolute Gasteiger partial charge is 0.379 e. The number of hydrogen-bond acceptors (Lipinski definition) is 4. The van der Waals surface area contributed by atoms with Crippen LogP contribution >= 0.6 is 0 Å². The summed E-state index contributed by atoms with van der Waals surface area (Å²) < 4.78 is 10.8. The van der Waals surface area contributed by atoms with Crippen molar-refractivity contribution in [3.8, 4) is 11.1 Å². The van der Waals surface area contributed by atoms with Crippen LogP contribution in [0, 0.1) is 0 Å². The molecule has 3 aromatic rings. The molecule has 0 bridgehead atoms. The molecule has 0 saturated heterocycles. The van der Waals surface area contributed by atoms with Gasteiger partial charge in [-0.05, 0) is 47.9 Å². The SMILES string of the molecule is CCOCCOCc1cccc(NC(=O)CNC(=O)c2ccc(-c3ccccc3)cc2)c1. The van der Waals surface area contributed by atoms with E-state index < -0.39 is 0 Å². The molecule has 2 amide bonds. The molecule has 0 aromatic heterocycles. The van der Waals surface area contributed by atoms with Gasteiger partial charge in [-0.15, -0.1) is 0 Å². The highest BCUT2D eigenvalue weighted by Crippen LogP contribution is 2.19. The number of hydrogen-bond donors (Lipinski definition) is 2. The van der Waals surface area contributed by atoms with Crippen molar-refractivity contribution >= 4 is 17.5 Å². The van der Waals surface area contributed by atoms with Gasteiger partial charge >= 0.3 is 0 Å². The molecule has 0 aliphatic heterocycles. The number of carbonyl (C=O) groups excluding carboxylic acids is 2. The van der Waals surface area contributed by atoms with Crippen LogP contribution in [0.5, 0.6) is 0 Å². The van der Waals surface area contributed by atoms with Crippen molar-refractivity contribution in [3.05, 3.63) is 90.0 Å². The van der Waals surface area contributed by atoms with E-state index in [2.05, 4.69) is 10.6 Å². The highest BCUT2D eigenvalue weighted by molar-refractivity contribution is 5.99. The van der Waals surface area contributed by atoms with Crippen molar-refractivity contribution in [2.24, 2.45) is 0 Å². The molecule has 2 N–H and O–H groups in total. The summed E-state index contributed by atoms with van der Waals surface area (Å²) in [6.45, 7) is 4.00. The molecule has 0 spiro atoms. The second-order valence-electron chi connectivity index (χ2n) is 7.12. The van der Waals surface area contributed by atoms with Gasteiger partial charge in [-0.25, -0.2) is 0 Å². The minimum Gasteiger partial charge on any atom is -0.379 e. The molecule has 0 radical (unpaired) electrons. The van der Waals surface area contributed by atoms with Crippen LogP contribution in [-0.4, -0.2) is 38.2 Å². The number of anilines is 1. The molecule has 6 heteroatoms. The maximum atomic E-state index is 12.4. The Morgan fingerprint density at radius 1 is 0.812 bits per heavy atom. The molecular weight excluding hydrogens is 404 g/mol. The Morgan fingerprint density at radius 2 is 1.53 bits per heavy atom. The highest BCUT2D eigenvalue weighted by Gasteiger charge is 2.09. The number of rotatable bonds is 11. The normalized spacial score (nSPS) is 10.5. The van der Waals surface area contributed by atoms with Gasteiger partial charge in [-0.3, -0.25) is 9.59 Å². The van der Waals surface area contributed by atoms with Gasteiger partial charge in [-0.1, -0.05) is 54.6 Å². The Bertz CT molecular complexity index is 1000. The lowest BCUT2D eigenvalue weighted by Crippen LogP contribution is -2.32. The smallest absolute Gasteiger partial charge is 0.251 e. The van der Waals surface area contributed by atoms with Gasteiger partial charge in [0, 0.05) is 17.9 Å². The summed E-state index contributed by atoms with van der Waals surface area (Å²) in [4.78, 5) is 24.6. The Kier molecular flexibility index (Phi) is 8.98. The van der Waals surface area contributed by atoms with Gasteiger partial charge in [0.2, 0.25) is 5.91 Å². The van der Waals surface area contributed by atoms with Crippen LogP contribution in [-0.2, 0) is 20.9 Å². The van der Waals surface area contributed by atoms with Crippen molar-refractivity contribution in [3.63, 3.8) is 0 Å². The predicted octanol–water partition coefficient (Wildman–Crippen LogP) is 4.28. The first-order valence-electron chi connectivity index (χ1n) is 10.6. The monoisotopic (exact) mass is 432 g/mol. The second-order valence-corrected chi connectivity index (χ2v) is 7.12. The van der Waals surface area contributed by atoms with Crippen LogP contribution in [0.25, 0.3) is 11.1 Å². The zero-order valence-corrected chi connectivity index (χ0v) is 18.2. The van der Waals surface area contributed by atoms with Gasteiger partial charge in [0.1, 0.15) is 0 Å². The maximum absolute atomic E-state index is 12.4. The van der Waals surface area contributed by atoms with Crippen LogP contribution in [0.4, 0.5) is 5.69 Å². The van der Waals surface area contributed by atoms with Gasteiger partial charge < -0.3 is 20.1 Å². The summed E-state index contributed by atoms with van der Waals surface area (Å²) in [5.41, 5.74) is 4.22. The van der Waals surface area contributed by atoms with Gasteiger partial charge in [0.15, 0.2) is 0 Å². The lowest BCUT2D eigenvalue weighted by atomic mass is 10.0. The highest BCUT2D eigenvalue weighted by atomic mass is 16.5. The maximum Gasteiger partial charge on any atom is 0.251 e. The minimum absolute atomic E-state index is 0.117.